The third-order valence-electron chi connectivity index (χ3n) is 3.01. The lowest BCUT2D eigenvalue weighted by Gasteiger charge is -2.18. The van der Waals surface area contributed by atoms with Crippen molar-refractivity contribution in [3.05, 3.63) is 50.4 Å². The summed E-state index contributed by atoms with van der Waals surface area (Å²) in [6.07, 6.45) is 0.723. The van der Waals surface area contributed by atoms with Crippen molar-refractivity contribution < 1.29 is 9.13 Å². The van der Waals surface area contributed by atoms with Crippen molar-refractivity contribution in [3.63, 3.8) is 0 Å². The highest BCUT2D eigenvalue weighted by Gasteiger charge is 2.17. The minimum Gasteiger partial charge on any atom is -0.496 e. The molecule has 0 aliphatic carbocycles. The van der Waals surface area contributed by atoms with Crippen LogP contribution in [0, 0.1) is 5.82 Å². The maximum Gasteiger partial charge on any atom is 0.134 e. The Balaban J connectivity index is 2.25. The second-order valence-corrected chi connectivity index (χ2v) is 6.31. The summed E-state index contributed by atoms with van der Waals surface area (Å²) in [5, 5.41) is 5.45. The lowest BCUT2D eigenvalue weighted by molar-refractivity contribution is 0.403. The Kier molecular flexibility index (Phi) is 5.57. The van der Waals surface area contributed by atoms with E-state index in [2.05, 4.69) is 28.2 Å². The number of methoxy groups -OCH3 is 1. The number of thiophene rings is 1. The van der Waals surface area contributed by atoms with E-state index < -0.39 is 0 Å². The molecule has 1 aromatic heterocycles. The smallest absolute Gasteiger partial charge is 0.134 e. The maximum atomic E-state index is 13.5. The molecule has 0 radical (unpaired) electrons. The molecule has 0 aliphatic heterocycles. The third kappa shape index (κ3) is 3.81. The van der Waals surface area contributed by atoms with Crippen molar-refractivity contribution in [1.82, 2.24) is 5.32 Å². The van der Waals surface area contributed by atoms with Crippen LogP contribution in [-0.4, -0.2) is 13.7 Å². The van der Waals surface area contributed by atoms with Crippen molar-refractivity contribution in [1.29, 1.82) is 0 Å². The number of hydrogen-bond acceptors (Lipinski definition) is 3. The van der Waals surface area contributed by atoms with E-state index in [-0.39, 0.29) is 11.9 Å². The van der Waals surface area contributed by atoms with Gasteiger partial charge in [-0.3, -0.25) is 0 Å². The molecular formula is C15H17BrFNOS. The zero-order valence-corrected chi connectivity index (χ0v) is 13.9. The van der Waals surface area contributed by atoms with Gasteiger partial charge in [0.15, 0.2) is 0 Å². The molecule has 0 aliphatic rings. The van der Waals surface area contributed by atoms with Crippen LogP contribution in [0.25, 0.3) is 0 Å². The predicted octanol–water partition coefficient (Wildman–Crippen LogP) is 4.55. The van der Waals surface area contributed by atoms with Gasteiger partial charge in [0.05, 0.1) is 12.0 Å². The molecule has 2 nitrogen and oxygen atoms in total. The molecule has 20 heavy (non-hydrogen) atoms. The quantitative estimate of drug-likeness (QED) is 0.818. The van der Waals surface area contributed by atoms with Crippen LogP contribution in [0.1, 0.15) is 23.4 Å². The molecule has 0 bridgehead atoms. The fourth-order valence-electron chi connectivity index (χ4n) is 2.20. The minimum absolute atomic E-state index is 0.128. The molecule has 1 heterocycles. The van der Waals surface area contributed by atoms with E-state index in [0.717, 1.165) is 33.6 Å². The van der Waals surface area contributed by atoms with Crippen LogP contribution < -0.4 is 10.1 Å². The number of hydrogen-bond donors (Lipinski definition) is 1. The van der Waals surface area contributed by atoms with Crippen molar-refractivity contribution in [2.24, 2.45) is 0 Å². The SMILES string of the molecule is CCNC(Cc1cc(F)cc(Br)c1)c1sccc1OC. The van der Waals surface area contributed by atoms with Gasteiger partial charge in [0.2, 0.25) is 0 Å². The molecule has 1 aromatic carbocycles. The molecule has 0 spiro atoms. The summed E-state index contributed by atoms with van der Waals surface area (Å²) in [5.41, 5.74) is 0.957. The van der Waals surface area contributed by atoms with Gasteiger partial charge in [0.25, 0.3) is 0 Å². The fourth-order valence-corrected chi connectivity index (χ4v) is 3.65. The largest absolute Gasteiger partial charge is 0.496 e. The number of ether oxygens (including phenoxy) is 1. The van der Waals surface area contributed by atoms with Gasteiger partial charge in [-0.15, -0.1) is 11.3 Å². The highest BCUT2D eigenvalue weighted by molar-refractivity contribution is 9.10. The number of likely N-dealkylation sites (N-methyl/N-ethyl adjacent to an activating group) is 1. The monoisotopic (exact) mass is 357 g/mol. The van der Waals surface area contributed by atoms with E-state index in [4.69, 9.17) is 4.74 Å². The van der Waals surface area contributed by atoms with Crippen molar-refractivity contribution in [2.45, 2.75) is 19.4 Å². The zero-order chi connectivity index (χ0) is 14.5. The normalized spacial score (nSPS) is 12.4. The second kappa shape index (κ2) is 7.20. The van der Waals surface area contributed by atoms with Gasteiger partial charge in [-0.05, 0) is 48.2 Å². The number of rotatable bonds is 6. The van der Waals surface area contributed by atoms with Crippen LogP contribution in [0.3, 0.4) is 0 Å². The predicted molar refractivity (Wildman–Crippen MR) is 85.1 cm³/mol. The van der Waals surface area contributed by atoms with Gasteiger partial charge < -0.3 is 10.1 Å². The number of benzene rings is 1. The first kappa shape index (κ1) is 15.5. The molecule has 2 rings (SSSR count). The van der Waals surface area contributed by atoms with Crippen LogP contribution >= 0.6 is 27.3 Å². The first-order chi connectivity index (χ1) is 9.63. The average Bonchev–Trinajstić information content (AvgIpc) is 2.85. The van der Waals surface area contributed by atoms with Crippen molar-refractivity contribution in [3.8, 4) is 5.75 Å². The first-order valence-corrected chi connectivity index (χ1v) is 8.11. The Morgan fingerprint density at radius 1 is 1.40 bits per heavy atom. The van der Waals surface area contributed by atoms with E-state index in [1.807, 2.05) is 17.5 Å². The summed E-state index contributed by atoms with van der Waals surface area (Å²) in [4.78, 5) is 1.15. The Morgan fingerprint density at radius 2 is 2.20 bits per heavy atom. The standard InChI is InChI=1S/C15H17BrFNOS/c1-3-18-13(15-14(19-2)4-5-20-15)8-10-6-11(16)9-12(17)7-10/h4-7,9,13,18H,3,8H2,1-2H3. The fraction of sp³-hybridized carbons (Fsp3) is 0.333. The van der Waals surface area contributed by atoms with Gasteiger partial charge in [0, 0.05) is 10.5 Å². The molecule has 5 heteroatoms. The summed E-state index contributed by atoms with van der Waals surface area (Å²) in [7, 11) is 1.67. The molecule has 0 amide bonds. The van der Waals surface area contributed by atoms with E-state index in [1.165, 1.54) is 6.07 Å². The first-order valence-electron chi connectivity index (χ1n) is 6.43. The summed E-state index contributed by atoms with van der Waals surface area (Å²) in [5.74, 6) is 0.666. The van der Waals surface area contributed by atoms with Crippen LogP contribution in [-0.2, 0) is 6.42 Å². The highest BCUT2D eigenvalue weighted by Crippen LogP contribution is 2.33. The average molecular weight is 358 g/mol. The van der Waals surface area contributed by atoms with Crippen molar-refractivity contribution in [2.75, 3.05) is 13.7 Å². The van der Waals surface area contributed by atoms with Gasteiger partial charge in [0.1, 0.15) is 11.6 Å². The van der Waals surface area contributed by atoms with E-state index >= 15 is 0 Å². The molecule has 0 saturated heterocycles. The van der Waals surface area contributed by atoms with Crippen LogP contribution in [0.5, 0.6) is 5.75 Å². The Bertz CT molecular complexity index is 553. The van der Waals surface area contributed by atoms with Crippen LogP contribution in [0.4, 0.5) is 4.39 Å². The lowest BCUT2D eigenvalue weighted by Crippen LogP contribution is -2.22. The van der Waals surface area contributed by atoms with Crippen LogP contribution in [0.2, 0.25) is 0 Å². The minimum atomic E-state index is -0.220. The molecule has 108 valence electrons. The molecule has 1 unspecified atom stereocenters. The lowest BCUT2D eigenvalue weighted by atomic mass is 10.0. The summed E-state index contributed by atoms with van der Waals surface area (Å²) >= 11 is 4.99. The molecule has 1 N–H and O–H groups in total. The molecule has 0 saturated carbocycles. The summed E-state index contributed by atoms with van der Waals surface area (Å²) in [6, 6.07) is 7.09. The van der Waals surface area contributed by atoms with Gasteiger partial charge in [-0.2, -0.15) is 0 Å². The number of halogens is 2. The topological polar surface area (TPSA) is 21.3 Å². The molecule has 2 aromatic rings. The van der Waals surface area contributed by atoms with E-state index in [0.29, 0.717) is 0 Å². The summed E-state index contributed by atoms with van der Waals surface area (Å²) < 4.78 is 19.6. The Labute approximate surface area is 131 Å². The van der Waals surface area contributed by atoms with E-state index in [9.17, 15) is 4.39 Å². The zero-order valence-electron chi connectivity index (χ0n) is 11.5. The van der Waals surface area contributed by atoms with Gasteiger partial charge >= 0.3 is 0 Å². The van der Waals surface area contributed by atoms with Crippen LogP contribution in [0.15, 0.2) is 34.1 Å². The maximum absolute atomic E-state index is 13.5. The Morgan fingerprint density at radius 3 is 2.85 bits per heavy atom. The van der Waals surface area contributed by atoms with Crippen molar-refractivity contribution >= 4 is 27.3 Å². The van der Waals surface area contributed by atoms with Gasteiger partial charge in [-0.25, -0.2) is 4.39 Å². The van der Waals surface area contributed by atoms with Gasteiger partial charge in [-0.1, -0.05) is 22.9 Å². The number of nitrogens with one attached hydrogen (secondary N) is 1. The summed E-state index contributed by atoms with van der Waals surface area (Å²) in [6.45, 7) is 2.91. The molecule has 0 fully saturated rings. The second-order valence-electron chi connectivity index (χ2n) is 4.45. The molecular weight excluding hydrogens is 341 g/mol. The Hall–Kier alpha value is -0.910. The third-order valence-corrected chi connectivity index (χ3v) is 4.48. The van der Waals surface area contributed by atoms with E-state index in [1.54, 1.807) is 24.5 Å². The molecule has 1 atom stereocenters. The highest BCUT2D eigenvalue weighted by atomic mass is 79.9.